The summed E-state index contributed by atoms with van der Waals surface area (Å²) in [6.07, 6.45) is 2.32. The minimum Gasteiger partial charge on any atom is -0.493 e. The van der Waals surface area contributed by atoms with Gasteiger partial charge in [0.05, 0.1) is 18.3 Å². The van der Waals surface area contributed by atoms with Crippen molar-refractivity contribution >= 4 is 11.0 Å². The molecule has 14 heavy (non-hydrogen) atoms. The zero-order chi connectivity index (χ0) is 9.54. The summed E-state index contributed by atoms with van der Waals surface area (Å²) in [7, 11) is 0. The van der Waals surface area contributed by atoms with Gasteiger partial charge in [-0.1, -0.05) is 0 Å². The Labute approximate surface area is 79.9 Å². The monoisotopic (exact) mass is 188 g/mol. The third-order valence-corrected chi connectivity index (χ3v) is 2.47. The summed E-state index contributed by atoms with van der Waals surface area (Å²) in [5, 5.41) is 0.591. The second-order valence-electron chi connectivity index (χ2n) is 3.34. The Morgan fingerprint density at radius 3 is 3.14 bits per heavy atom. The molecule has 0 saturated heterocycles. The highest BCUT2D eigenvalue weighted by Gasteiger charge is 2.14. The van der Waals surface area contributed by atoms with Gasteiger partial charge in [-0.05, 0) is 12.1 Å². The molecule has 3 nitrogen and oxygen atoms in total. The summed E-state index contributed by atoms with van der Waals surface area (Å²) >= 11 is 0. The van der Waals surface area contributed by atoms with E-state index in [4.69, 9.17) is 9.15 Å². The van der Waals surface area contributed by atoms with Gasteiger partial charge < -0.3 is 9.15 Å². The smallest absolute Gasteiger partial charge is 0.192 e. The third-order valence-electron chi connectivity index (χ3n) is 2.47. The normalized spacial score (nSPS) is 14.0. The molecule has 3 heteroatoms. The van der Waals surface area contributed by atoms with Gasteiger partial charge in [0.25, 0.3) is 0 Å². The largest absolute Gasteiger partial charge is 0.493 e. The summed E-state index contributed by atoms with van der Waals surface area (Å²) in [4.78, 5) is 11.5. The van der Waals surface area contributed by atoms with Gasteiger partial charge in [0.15, 0.2) is 5.43 Å². The summed E-state index contributed by atoms with van der Waals surface area (Å²) in [6, 6.07) is 5.08. The molecule has 2 heterocycles. The minimum absolute atomic E-state index is 0.0236. The third kappa shape index (κ3) is 0.954. The van der Waals surface area contributed by atoms with Crippen LogP contribution in [-0.2, 0) is 6.42 Å². The molecular formula is C11H8O3. The first-order valence-corrected chi connectivity index (χ1v) is 4.52. The van der Waals surface area contributed by atoms with E-state index in [0.717, 1.165) is 17.7 Å². The molecule has 0 amide bonds. The first kappa shape index (κ1) is 7.62. The highest BCUT2D eigenvalue weighted by atomic mass is 16.5. The fourth-order valence-corrected chi connectivity index (χ4v) is 1.75. The van der Waals surface area contributed by atoms with Crippen LogP contribution in [0, 0.1) is 0 Å². The van der Waals surface area contributed by atoms with Gasteiger partial charge in [0.1, 0.15) is 11.3 Å². The first-order chi connectivity index (χ1) is 6.84. The zero-order valence-electron chi connectivity index (χ0n) is 7.45. The maximum atomic E-state index is 11.5. The van der Waals surface area contributed by atoms with Gasteiger partial charge in [-0.3, -0.25) is 4.79 Å². The zero-order valence-corrected chi connectivity index (χ0v) is 7.45. The second kappa shape index (κ2) is 2.61. The van der Waals surface area contributed by atoms with Gasteiger partial charge >= 0.3 is 0 Å². The lowest BCUT2D eigenvalue weighted by molar-refractivity contribution is 0.357. The predicted octanol–water partition coefficient (Wildman–Crippen LogP) is 1.73. The molecule has 0 spiro atoms. The van der Waals surface area contributed by atoms with Gasteiger partial charge in [-0.25, -0.2) is 0 Å². The van der Waals surface area contributed by atoms with E-state index in [9.17, 15) is 4.79 Å². The lowest BCUT2D eigenvalue weighted by atomic mass is 10.1. The molecule has 3 rings (SSSR count). The molecule has 1 aromatic heterocycles. The van der Waals surface area contributed by atoms with E-state index in [0.29, 0.717) is 17.6 Å². The highest BCUT2D eigenvalue weighted by molar-refractivity contribution is 5.79. The van der Waals surface area contributed by atoms with Crippen molar-refractivity contribution in [3.05, 3.63) is 40.2 Å². The van der Waals surface area contributed by atoms with E-state index in [1.807, 2.05) is 6.07 Å². The molecule has 0 saturated carbocycles. The van der Waals surface area contributed by atoms with Crippen LogP contribution < -0.4 is 10.2 Å². The topological polar surface area (TPSA) is 39.4 Å². The molecule has 0 aliphatic carbocycles. The average Bonchev–Trinajstić information content (AvgIpc) is 2.62. The molecule has 1 aliphatic rings. The van der Waals surface area contributed by atoms with Crippen LogP contribution in [0.3, 0.4) is 0 Å². The predicted molar refractivity (Wildman–Crippen MR) is 51.7 cm³/mol. The van der Waals surface area contributed by atoms with Crippen molar-refractivity contribution in [1.29, 1.82) is 0 Å². The summed E-state index contributed by atoms with van der Waals surface area (Å²) in [6.45, 7) is 0.694. The Hall–Kier alpha value is -1.77. The Bertz CT molecular complexity index is 554. The van der Waals surface area contributed by atoms with Crippen molar-refractivity contribution in [2.75, 3.05) is 6.61 Å². The van der Waals surface area contributed by atoms with Crippen LogP contribution in [0.4, 0.5) is 0 Å². The molecule has 70 valence electrons. The van der Waals surface area contributed by atoms with Crippen LogP contribution in [0.15, 0.2) is 33.7 Å². The van der Waals surface area contributed by atoms with Crippen LogP contribution in [0.5, 0.6) is 5.75 Å². The number of ether oxygens (including phenoxy) is 1. The SMILES string of the molecule is O=c1ccoc2cc3c(cc12)OCC3. The standard InChI is InChI=1S/C11H8O3/c12-9-2-4-14-11-5-7-1-3-13-10(7)6-8(9)11/h2,4-6H,1,3H2. The van der Waals surface area contributed by atoms with Crippen molar-refractivity contribution in [1.82, 2.24) is 0 Å². The van der Waals surface area contributed by atoms with Crippen LogP contribution in [0.1, 0.15) is 5.56 Å². The molecule has 0 unspecified atom stereocenters. The van der Waals surface area contributed by atoms with Gasteiger partial charge in [0, 0.05) is 18.1 Å². The average molecular weight is 188 g/mol. The number of hydrogen-bond donors (Lipinski definition) is 0. The Balaban J connectivity index is 2.45. The molecule has 0 radical (unpaired) electrons. The second-order valence-corrected chi connectivity index (χ2v) is 3.34. The molecule has 1 aliphatic heterocycles. The molecule has 0 fully saturated rings. The fraction of sp³-hybridized carbons (Fsp3) is 0.182. The Morgan fingerprint density at radius 2 is 2.21 bits per heavy atom. The Kier molecular flexibility index (Phi) is 1.42. The minimum atomic E-state index is -0.0236. The van der Waals surface area contributed by atoms with Gasteiger partial charge in [0.2, 0.25) is 0 Å². The molecule has 1 aromatic carbocycles. The van der Waals surface area contributed by atoms with E-state index < -0.39 is 0 Å². The molecule has 0 atom stereocenters. The number of benzene rings is 1. The Morgan fingerprint density at radius 1 is 1.29 bits per heavy atom. The lowest BCUT2D eigenvalue weighted by Gasteiger charge is -2.00. The van der Waals surface area contributed by atoms with Crippen LogP contribution >= 0.6 is 0 Å². The lowest BCUT2D eigenvalue weighted by Crippen LogP contribution is -1.98. The van der Waals surface area contributed by atoms with Crippen LogP contribution in [0.2, 0.25) is 0 Å². The summed E-state index contributed by atoms with van der Waals surface area (Å²) in [5.41, 5.74) is 1.73. The van der Waals surface area contributed by atoms with Crippen molar-refractivity contribution in [3.8, 4) is 5.75 Å². The van der Waals surface area contributed by atoms with E-state index in [2.05, 4.69) is 0 Å². The molecule has 0 bridgehead atoms. The van der Waals surface area contributed by atoms with Crippen LogP contribution in [0.25, 0.3) is 11.0 Å². The number of hydrogen-bond acceptors (Lipinski definition) is 3. The van der Waals surface area contributed by atoms with E-state index >= 15 is 0 Å². The molecule has 0 N–H and O–H groups in total. The summed E-state index contributed by atoms with van der Waals surface area (Å²) < 4.78 is 10.6. The molecular weight excluding hydrogens is 180 g/mol. The maximum Gasteiger partial charge on any atom is 0.192 e. The maximum absolute atomic E-state index is 11.5. The van der Waals surface area contributed by atoms with Gasteiger partial charge in [-0.2, -0.15) is 0 Å². The van der Waals surface area contributed by atoms with Crippen molar-refractivity contribution in [2.24, 2.45) is 0 Å². The molecule has 2 aromatic rings. The van der Waals surface area contributed by atoms with Crippen molar-refractivity contribution < 1.29 is 9.15 Å². The fourth-order valence-electron chi connectivity index (χ4n) is 1.75. The van der Waals surface area contributed by atoms with E-state index in [1.54, 1.807) is 6.07 Å². The van der Waals surface area contributed by atoms with Crippen molar-refractivity contribution in [3.63, 3.8) is 0 Å². The number of rotatable bonds is 0. The van der Waals surface area contributed by atoms with E-state index in [1.165, 1.54) is 12.3 Å². The highest BCUT2D eigenvalue weighted by Crippen LogP contribution is 2.28. The van der Waals surface area contributed by atoms with Crippen LogP contribution in [-0.4, -0.2) is 6.61 Å². The first-order valence-electron chi connectivity index (χ1n) is 4.52. The van der Waals surface area contributed by atoms with Crippen molar-refractivity contribution in [2.45, 2.75) is 6.42 Å². The van der Waals surface area contributed by atoms with Gasteiger partial charge in [-0.15, -0.1) is 0 Å². The van der Waals surface area contributed by atoms with E-state index in [-0.39, 0.29) is 5.43 Å². The quantitative estimate of drug-likeness (QED) is 0.632. The number of fused-ring (bicyclic) bond motifs is 2. The summed E-state index contributed by atoms with van der Waals surface area (Å²) in [5.74, 6) is 0.816.